The number of hydrogen-bond donors (Lipinski definition) is 2. The van der Waals surface area contributed by atoms with Crippen LogP contribution in [0.2, 0.25) is 0 Å². The third kappa shape index (κ3) is 7.00. The molecule has 37 heavy (non-hydrogen) atoms. The zero-order valence-electron chi connectivity index (χ0n) is 20.0. The first-order valence-electron chi connectivity index (χ1n) is 10.7. The number of alkyl halides is 3. The van der Waals surface area contributed by atoms with E-state index in [4.69, 9.17) is 0 Å². The van der Waals surface area contributed by atoms with Crippen molar-refractivity contribution in [1.82, 2.24) is 14.9 Å². The largest absolute Gasteiger partial charge is 0.421 e. The number of likely N-dealkylation sites (N-methyl/N-ethyl adjacent to an activating group) is 2. The van der Waals surface area contributed by atoms with Crippen molar-refractivity contribution in [1.29, 1.82) is 0 Å². The van der Waals surface area contributed by atoms with Crippen LogP contribution in [-0.4, -0.2) is 58.9 Å². The van der Waals surface area contributed by atoms with E-state index >= 15 is 0 Å². The van der Waals surface area contributed by atoms with Crippen LogP contribution in [-0.2, 0) is 6.18 Å². The Kier molecular flexibility index (Phi) is 8.07. The van der Waals surface area contributed by atoms with E-state index in [0.717, 1.165) is 6.07 Å². The van der Waals surface area contributed by atoms with Crippen molar-refractivity contribution in [2.45, 2.75) is 6.18 Å². The van der Waals surface area contributed by atoms with Crippen LogP contribution in [0.1, 0.15) is 5.56 Å². The third-order valence-electron chi connectivity index (χ3n) is 5.14. The Balaban J connectivity index is 1.93. The normalized spacial score (nSPS) is 11.3. The molecule has 0 unspecified atom stereocenters. The van der Waals surface area contributed by atoms with Crippen molar-refractivity contribution < 1.29 is 23.0 Å². The molecule has 2 aromatic carbocycles. The van der Waals surface area contributed by atoms with Gasteiger partial charge in [-0.3, -0.25) is 20.2 Å². The molecule has 2 N–H and O–H groups in total. The zero-order valence-corrected chi connectivity index (χ0v) is 20.0. The number of nitrogens with zero attached hydrogens (tertiary/aromatic N) is 6. The lowest BCUT2D eigenvalue weighted by Gasteiger charge is -2.21. The highest BCUT2D eigenvalue weighted by Crippen LogP contribution is 2.36. The first-order chi connectivity index (χ1) is 17.3. The van der Waals surface area contributed by atoms with Crippen molar-refractivity contribution in [2.75, 3.05) is 49.8 Å². The summed E-state index contributed by atoms with van der Waals surface area (Å²) in [6, 6.07) is 9.17. The molecule has 0 radical (unpaired) electrons. The standard InChI is InChI=1S/C22H23F3N8O4/c1-30(2)9-10-31(3)18-8-7-15(12-19(18)33(36)37)28-21-26-13-17(22(23,24)25)20(29-21)27-14-5-4-6-16(11-14)32(34)35/h4-8,11-13H,9-10H2,1-3H3,(H2,26,27,28,29). The van der Waals surface area contributed by atoms with Gasteiger partial charge in [-0.05, 0) is 32.3 Å². The van der Waals surface area contributed by atoms with Gasteiger partial charge in [0.15, 0.2) is 0 Å². The Morgan fingerprint density at radius 3 is 2.27 bits per heavy atom. The number of anilines is 5. The minimum absolute atomic E-state index is 0.00472. The summed E-state index contributed by atoms with van der Waals surface area (Å²) < 4.78 is 40.7. The van der Waals surface area contributed by atoms with E-state index in [9.17, 15) is 33.4 Å². The molecule has 0 atom stereocenters. The minimum Gasteiger partial charge on any atom is -0.368 e. The van der Waals surface area contributed by atoms with Crippen LogP contribution in [0.3, 0.4) is 0 Å². The fourth-order valence-corrected chi connectivity index (χ4v) is 3.25. The Hall–Kier alpha value is -4.53. The van der Waals surface area contributed by atoms with Gasteiger partial charge in [0.1, 0.15) is 17.1 Å². The molecule has 1 heterocycles. The van der Waals surface area contributed by atoms with Gasteiger partial charge in [-0.15, -0.1) is 0 Å². The molecule has 196 valence electrons. The summed E-state index contributed by atoms with van der Waals surface area (Å²) in [5, 5.41) is 27.8. The number of halogens is 3. The Morgan fingerprint density at radius 2 is 1.65 bits per heavy atom. The minimum atomic E-state index is -4.82. The molecule has 3 rings (SSSR count). The summed E-state index contributed by atoms with van der Waals surface area (Å²) in [6.07, 6.45) is -4.27. The SMILES string of the molecule is CN(C)CCN(C)c1ccc(Nc2ncc(C(F)(F)F)c(Nc3cccc([N+](=O)[O-])c3)n2)cc1[N+](=O)[O-]. The number of aromatic nitrogens is 2. The lowest BCUT2D eigenvalue weighted by molar-refractivity contribution is -0.384. The topological polar surface area (TPSA) is 143 Å². The maximum absolute atomic E-state index is 13.6. The monoisotopic (exact) mass is 520 g/mol. The summed E-state index contributed by atoms with van der Waals surface area (Å²) in [5.41, 5.74) is -1.20. The molecular formula is C22H23F3N8O4. The lowest BCUT2D eigenvalue weighted by Crippen LogP contribution is -2.28. The number of hydrogen-bond acceptors (Lipinski definition) is 10. The first-order valence-corrected chi connectivity index (χ1v) is 10.7. The third-order valence-corrected chi connectivity index (χ3v) is 5.14. The summed E-state index contributed by atoms with van der Waals surface area (Å²) in [5.74, 6) is -0.927. The molecule has 0 saturated carbocycles. The molecule has 0 fully saturated rings. The molecule has 0 aliphatic carbocycles. The fourth-order valence-electron chi connectivity index (χ4n) is 3.25. The van der Waals surface area contributed by atoms with Crippen LogP contribution < -0.4 is 15.5 Å². The predicted molar refractivity (Wildman–Crippen MR) is 132 cm³/mol. The van der Waals surface area contributed by atoms with Gasteiger partial charge in [0.05, 0.1) is 9.85 Å². The van der Waals surface area contributed by atoms with Crippen LogP contribution in [0.4, 0.5) is 53.4 Å². The molecule has 0 aliphatic heterocycles. The second kappa shape index (κ2) is 11.0. The van der Waals surface area contributed by atoms with E-state index in [1.807, 2.05) is 19.0 Å². The Morgan fingerprint density at radius 1 is 0.946 bits per heavy atom. The van der Waals surface area contributed by atoms with Gasteiger partial charge < -0.3 is 20.4 Å². The van der Waals surface area contributed by atoms with Crippen LogP contribution >= 0.6 is 0 Å². The van der Waals surface area contributed by atoms with E-state index in [2.05, 4.69) is 20.6 Å². The molecule has 0 aliphatic rings. The number of nitrogens with one attached hydrogen (secondary N) is 2. The lowest BCUT2D eigenvalue weighted by atomic mass is 10.2. The molecule has 1 aromatic heterocycles. The number of benzene rings is 2. The van der Waals surface area contributed by atoms with Crippen LogP contribution in [0.5, 0.6) is 0 Å². The molecule has 0 saturated heterocycles. The maximum atomic E-state index is 13.6. The van der Waals surface area contributed by atoms with Gasteiger partial charge >= 0.3 is 6.18 Å². The van der Waals surface area contributed by atoms with Crippen molar-refractivity contribution in [3.8, 4) is 0 Å². The van der Waals surface area contributed by atoms with Crippen LogP contribution in [0.15, 0.2) is 48.7 Å². The molecule has 0 spiro atoms. The highest BCUT2D eigenvalue weighted by molar-refractivity contribution is 5.71. The van der Waals surface area contributed by atoms with Crippen LogP contribution in [0.25, 0.3) is 0 Å². The summed E-state index contributed by atoms with van der Waals surface area (Å²) in [4.78, 5) is 32.7. The van der Waals surface area contributed by atoms with Crippen molar-refractivity contribution in [3.05, 3.63) is 74.5 Å². The summed E-state index contributed by atoms with van der Waals surface area (Å²) >= 11 is 0. The van der Waals surface area contributed by atoms with Crippen LogP contribution in [0, 0.1) is 20.2 Å². The Bertz CT molecular complexity index is 1300. The number of rotatable bonds is 10. The number of nitro benzene ring substituents is 2. The molecular weight excluding hydrogens is 497 g/mol. The molecule has 0 bridgehead atoms. The summed E-state index contributed by atoms with van der Waals surface area (Å²) in [7, 11) is 5.47. The van der Waals surface area contributed by atoms with Gasteiger partial charge in [-0.2, -0.15) is 18.2 Å². The first kappa shape index (κ1) is 27.1. The van der Waals surface area contributed by atoms with Crippen molar-refractivity contribution in [3.63, 3.8) is 0 Å². The van der Waals surface area contributed by atoms with Crippen molar-refractivity contribution in [2.24, 2.45) is 0 Å². The maximum Gasteiger partial charge on any atom is 0.421 e. The highest BCUT2D eigenvalue weighted by Gasteiger charge is 2.35. The number of nitro groups is 2. The smallest absolute Gasteiger partial charge is 0.368 e. The quantitative estimate of drug-likeness (QED) is 0.283. The van der Waals surface area contributed by atoms with E-state index in [1.165, 1.54) is 36.4 Å². The molecule has 12 nitrogen and oxygen atoms in total. The number of non-ortho nitro benzene ring substituents is 1. The van der Waals surface area contributed by atoms with E-state index in [-0.39, 0.29) is 28.7 Å². The average Bonchev–Trinajstić information content (AvgIpc) is 2.82. The second-order valence-corrected chi connectivity index (χ2v) is 8.20. The molecule has 0 amide bonds. The average molecular weight is 520 g/mol. The van der Waals surface area contributed by atoms with Gasteiger partial charge in [-0.1, -0.05) is 6.07 Å². The Labute approximate surface area is 209 Å². The second-order valence-electron chi connectivity index (χ2n) is 8.20. The van der Waals surface area contributed by atoms with E-state index < -0.39 is 27.4 Å². The zero-order chi connectivity index (χ0) is 27.3. The summed E-state index contributed by atoms with van der Waals surface area (Å²) in [6.45, 7) is 1.18. The van der Waals surface area contributed by atoms with Gasteiger partial charge in [0.2, 0.25) is 5.95 Å². The molecule has 15 heteroatoms. The van der Waals surface area contributed by atoms with E-state index in [0.29, 0.717) is 25.0 Å². The van der Waals surface area contributed by atoms with Gasteiger partial charge in [0, 0.05) is 55.9 Å². The van der Waals surface area contributed by atoms with Gasteiger partial charge in [0.25, 0.3) is 11.4 Å². The van der Waals surface area contributed by atoms with E-state index in [1.54, 1.807) is 11.9 Å². The highest BCUT2D eigenvalue weighted by atomic mass is 19.4. The molecule has 3 aromatic rings. The van der Waals surface area contributed by atoms with Crippen molar-refractivity contribution >= 4 is 40.2 Å². The fraction of sp³-hybridized carbons (Fsp3) is 0.273. The predicted octanol–water partition coefficient (Wildman–Crippen LogP) is 4.80. The van der Waals surface area contributed by atoms with Gasteiger partial charge in [-0.25, -0.2) is 4.98 Å².